The first-order valence-electron chi connectivity index (χ1n) is 4.96. The molecule has 0 aliphatic rings. The first-order valence-corrected chi connectivity index (χ1v) is 5.75. The van der Waals surface area contributed by atoms with Crippen molar-refractivity contribution in [2.45, 2.75) is 6.92 Å². The zero-order chi connectivity index (χ0) is 12.7. The molecule has 2 rings (SSSR count). The number of aryl methyl sites for hydroxylation is 2. The average molecular weight is 296 g/mol. The van der Waals surface area contributed by atoms with E-state index in [1.165, 1.54) is 4.57 Å². The number of hydrogen-bond donors (Lipinski definition) is 1. The van der Waals surface area contributed by atoms with Gasteiger partial charge in [-0.05, 0) is 34.5 Å². The smallest absolute Gasteiger partial charge is 0.341 e. The van der Waals surface area contributed by atoms with E-state index < -0.39 is 11.5 Å². The van der Waals surface area contributed by atoms with Crippen molar-refractivity contribution in [1.29, 1.82) is 0 Å². The number of halogens is 1. The number of nitrogens with zero attached hydrogens (tertiary/aromatic N) is 1. The summed E-state index contributed by atoms with van der Waals surface area (Å²) in [6, 6.07) is 5.44. The summed E-state index contributed by atoms with van der Waals surface area (Å²) < 4.78 is 2.13. The Hall–Kier alpha value is -1.62. The fourth-order valence-corrected chi connectivity index (χ4v) is 2.61. The zero-order valence-corrected chi connectivity index (χ0v) is 10.9. The SMILES string of the molecule is Cc1c(C(=O)O)c(=O)n(C)c2c(Br)cccc12. The van der Waals surface area contributed by atoms with Crippen LogP contribution in [0.25, 0.3) is 10.9 Å². The summed E-state index contributed by atoms with van der Waals surface area (Å²) in [5.41, 5.74) is 0.546. The molecule has 1 N–H and O–H groups in total. The van der Waals surface area contributed by atoms with E-state index in [9.17, 15) is 9.59 Å². The summed E-state index contributed by atoms with van der Waals surface area (Å²) >= 11 is 3.37. The quantitative estimate of drug-likeness (QED) is 0.878. The number of rotatable bonds is 1. The second-order valence-electron chi connectivity index (χ2n) is 3.81. The van der Waals surface area contributed by atoms with Crippen LogP contribution in [0.1, 0.15) is 15.9 Å². The molecule has 1 aromatic carbocycles. The molecule has 88 valence electrons. The summed E-state index contributed by atoms with van der Waals surface area (Å²) in [6.45, 7) is 1.65. The van der Waals surface area contributed by atoms with Crippen LogP contribution in [-0.2, 0) is 7.05 Å². The topological polar surface area (TPSA) is 59.3 Å². The van der Waals surface area contributed by atoms with E-state index in [0.29, 0.717) is 11.1 Å². The number of carboxylic acids is 1. The molecule has 17 heavy (non-hydrogen) atoms. The van der Waals surface area contributed by atoms with Crippen molar-refractivity contribution in [1.82, 2.24) is 4.57 Å². The Morgan fingerprint density at radius 2 is 2.06 bits per heavy atom. The molecular formula is C12H10BrNO3. The summed E-state index contributed by atoms with van der Waals surface area (Å²) in [7, 11) is 1.57. The molecule has 1 aromatic heterocycles. The summed E-state index contributed by atoms with van der Waals surface area (Å²) in [5.74, 6) is -1.19. The van der Waals surface area contributed by atoms with E-state index in [0.717, 1.165) is 9.86 Å². The number of carboxylic acid groups (broad SMARTS) is 1. The van der Waals surface area contributed by atoms with E-state index in [4.69, 9.17) is 5.11 Å². The molecule has 0 atom stereocenters. The van der Waals surface area contributed by atoms with Crippen molar-refractivity contribution in [3.8, 4) is 0 Å². The minimum Gasteiger partial charge on any atom is -0.477 e. The van der Waals surface area contributed by atoms with Crippen LogP contribution in [0, 0.1) is 6.92 Å². The first-order chi connectivity index (χ1) is 7.95. The molecule has 4 nitrogen and oxygen atoms in total. The number of fused-ring (bicyclic) bond motifs is 1. The highest BCUT2D eigenvalue weighted by molar-refractivity contribution is 9.10. The molecule has 0 fully saturated rings. The lowest BCUT2D eigenvalue weighted by Crippen LogP contribution is -2.26. The predicted molar refractivity (Wildman–Crippen MR) is 68.6 cm³/mol. The molecule has 0 aliphatic heterocycles. The maximum atomic E-state index is 12.0. The summed E-state index contributed by atoms with van der Waals surface area (Å²) in [4.78, 5) is 23.1. The Balaban J connectivity index is 3.12. The van der Waals surface area contributed by atoms with Crippen LogP contribution >= 0.6 is 15.9 Å². The van der Waals surface area contributed by atoms with Crippen LogP contribution in [0.3, 0.4) is 0 Å². The Morgan fingerprint density at radius 1 is 1.41 bits per heavy atom. The Kier molecular flexibility index (Phi) is 2.79. The van der Waals surface area contributed by atoms with Crippen LogP contribution < -0.4 is 5.56 Å². The first kappa shape index (κ1) is 11.9. The van der Waals surface area contributed by atoms with Gasteiger partial charge in [0, 0.05) is 16.9 Å². The Morgan fingerprint density at radius 3 is 2.65 bits per heavy atom. The number of aromatic nitrogens is 1. The Labute approximate surface area is 106 Å². The van der Waals surface area contributed by atoms with E-state index in [-0.39, 0.29) is 5.56 Å². The van der Waals surface area contributed by atoms with Crippen molar-refractivity contribution >= 4 is 32.8 Å². The second-order valence-corrected chi connectivity index (χ2v) is 4.66. The van der Waals surface area contributed by atoms with E-state index in [1.54, 1.807) is 20.0 Å². The number of carbonyl (C=O) groups is 1. The minimum absolute atomic E-state index is 0.168. The molecule has 0 radical (unpaired) electrons. The van der Waals surface area contributed by atoms with Crippen LogP contribution in [0.5, 0.6) is 0 Å². The molecule has 0 spiro atoms. The molecule has 0 saturated heterocycles. The normalized spacial score (nSPS) is 10.8. The van der Waals surface area contributed by atoms with Crippen LogP contribution in [0.4, 0.5) is 0 Å². The van der Waals surface area contributed by atoms with Gasteiger partial charge in [0.05, 0.1) is 5.52 Å². The standard InChI is InChI=1S/C12H10BrNO3/c1-6-7-4-3-5-8(13)10(7)14(2)11(15)9(6)12(16)17/h3-5H,1-2H3,(H,16,17). The lowest BCUT2D eigenvalue weighted by molar-refractivity contribution is 0.0694. The number of hydrogen-bond acceptors (Lipinski definition) is 2. The van der Waals surface area contributed by atoms with Crippen LogP contribution in [-0.4, -0.2) is 15.6 Å². The fourth-order valence-electron chi connectivity index (χ4n) is 1.98. The second kappa shape index (κ2) is 4.00. The molecule has 1 heterocycles. The van der Waals surface area contributed by atoms with E-state index in [1.807, 2.05) is 12.1 Å². The predicted octanol–water partition coefficient (Wildman–Crippen LogP) is 2.31. The summed E-state index contributed by atoms with van der Waals surface area (Å²) in [5, 5.41) is 9.84. The van der Waals surface area contributed by atoms with Gasteiger partial charge in [0.1, 0.15) is 5.56 Å². The third-order valence-electron chi connectivity index (χ3n) is 2.83. The highest BCUT2D eigenvalue weighted by atomic mass is 79.9. The fraction of sp³-hybridized carbons (Fsp3) is 0.167. The molecule has 0 saturated carbocycles. The van der Waals surface area contributed by atoms with Gasteiger partial charge in [-0.3, -0.25) is 4.79 Å². The largest absolute Gasteiger partial charge is 0.477 e. The number of aromatic carboxylic acids is 1. The lowest BCUT2D eigenvalue weighted by atomic mass is 10.0. The van der Waals surface area contributed by atoms with Gasteiger partial charge >= 0.3 is 5.97 Å². The average Bonchev–Trinajstić information content (AvgIpc) is 2.25. The maximum Gasteiger partial charge on any atom is 0.341 e. The van der Waals surface area contributed by atoms with Gasteiger partial charge in [-0.2, -0.15) is 0 Å². The molecule has 0 unspecified atom stereocenters. The highest BCUT2D eigenvalue weighted by Crippen LogP contribution is 2.25. The van der Waals surface area contributed by atoms with Crippen LogP contribution in [0.2, 0.25) is 0 Å². The maximum absolute atomic E-state index is 12.0. The van der Waals surface area contributed by atoms with E-state index >= 15 is 0 Å². The highest BCUT2D eigenvalue weighted by Gasteiger charge is 2.18. The minimum atomic E-state index is -1.19. The van der Waals surface area contributed by atoms with Crippen molar-refractivity contribution < 1.29 is 9.90 Å². The number of pyridine rings is 1. The molecule has 0 amide bonds. The lowest BCUT2D eigenvalue weighted by Gasteiger charge is -2.11. The summed E-state index contributed by atoms with van der Waals surface area (Å²) in [6.07, 6.45) is 0. The Bertz CT molecular complexity index is 688. The molecule has 2 aromatic rings. The third-order valence-corrected chi connectivity index (χ3v) is 3.47. The van der Waals surface area contributed by atoms with E-state index in [2.05, 4.69) is 15.9 Å². The number of para-hydroxylation sites is 1. The zero-order valence-electron chi connectivity index (χ0n) is 9.32. The third kappa shape index (κ3) is 1.67. The van der Waals surface area contributed by atoms with Gasteiger partial charge in [-0.15, -0.1) is 0 Å². The van der Waals surface area contributed by atoms with Gasteiger partial charge in [-0.1, -0.05) is 12.1 Å². The number of benzene rings is 1. The molecule has 0 aliphatic carbocycles. The monoisotopic (exact) mass is 295 g/mol. The van der Waals surface area contributed by atoms with Gasteiger partial charge < -0.3 is 9.67 Å². The van der Waals surface area contributed by atoms with Crippen LogP contribution in [0.15, 0.2) is 27.5 Å². The molecule has 5 heteroatoms. The van der Waals surface area contributed by atoms with Crippen molar-refractivity contribution in [3.63, 3.8) is 0 Å². The van der Waals surface area contributed by atoms with Crippen molar-refractivity contribution in [3.05, 3.63) is 44.2 Å². The molecule has 0 bridgehead atoms. The molecular weight excluding hydrogens is 286 g/mol. The van der Waals surface area contributed by atoms with Gasteiger partial charge in [0.25, 0.3) is 5.56 Å². The van der Waals surface area contributed by atoms with Crippen molar-refractivity contribution in [2.75, 3.05) is 0 Å². The van der Waals surface area contributed by atoms with Gasteiger partial charge in [0.15, 0.2) is 0 Å². The van der Waals surface area contributed by atoms with Gasteiger partial charge in [0.2, 0.25) is 0 Å². The van der Waals surface area contributed by atoms with Crippen molar-refractivity contribution in [2.24, 2.45) is 7.05 Å². The van der Waals surface area contributed by atoms with Gasteiger partial charge in [-0.25, -0.2) is 4.79 Å².